The first-order valence-electron chi connectivity index (χ1n) is 3.88. The third-order valence-electron chi connectivity index (χ3n) is 1.57. The molecule has 66 valence electrons. The number of hydrogen-bond acceptors (Lipinski definition) is 4. The van der Waals surface area contributed by atoms with Crippen molar-refractivity contribution in [3.63, 3.8) is 0 Å². The molecule has 0 unspecified atom stereocenters. The molecule has 0 atom stereocenters. The van der Waals surface area contributed by atoms with Gasteiger partial charge >= 0.3 is 0 Å². The normalized spacial score (nSPS) is 15.7. The molecule has 0 bridgehead atoms. The van der Waals surface area contributed by atoms with E-state index in [1.54, 1.807) is 30.7 Å². The highest BCUT2D eigenvalue weighted by atomic mass is 16.2. The predicted octanol–water partition coefficient (Wildman–Crippen LogP) is 0.232. The Kier molecular flexibility index (Phi) is 1.91. The maximum absolute atomic E-state index is 11.0. The summed E-state index contributed by atoms with van der Waals surface area (Å²) in [4.78, 5) is 19.0. The highest BCUT2D eigenvalue weighted by molar-refractivity contribution is 5.80. The first kappa shape index (κ1) is 7.72. The lowest BCUT2D eigenvalue weighted by Gasteiger charge is -2.21. The number of rotatable bonds is 1. The summed E-state index contributed by atoms with van der Waals surface area (Å²) >= 11 is 0. The van der Waals surface area contributed by atoms with Gasteiger partial charge in [-0.05, 0) is 6.07 Å². The fourth-order valence-electron chi connectivity index (χ4n) is 1.01. The second-order valence-electron chi connectivity index (χ2n) is 2.54. The molecule has 1 aliphatic heterocycles. The van der Waals surface area contributed by atoms with Crippen molar-refractivity contribution < 1.29 is 4.79 Å². The van der Waals surface area contributed by atoms with Crippen molar-refractivity contribution in [3.8, 4) is 0 Å². The van der Waals surface area contributed by atoms with E-state index < -0.39 is 0 Å². The Labute approximate surface area is 75.1 Å². The molecule has 5 heteroatoms. The minimum atomic E-state index is -0.0602. The van der Waals surface area contributed by atoms with Gasteiger partial charge in [-0.15, -0.1) is 0 Å². The van der Waals surface area contributed by atoms with Crippen LogP contribution >= 0.6 is 0 Å². The Bertz CT molecular complexity index is 335. The molecule has 2 rings (SSSR count). The molecule has 1 amide bonds. The van der Waals surface area contributed by atoms with Crippen LogP contribution in [-0.2, 0) is 4.79 Å². The molecule has 13 heavy (non-hydrogen) atoms. The molecule has 0 saturated heterocycles. The van der Waals surface area contributed by atoms with E-state index in [2.05, 4.69) is 15.4 Å². The highest BCUT2D eigenvalue weighted by Gasteiger charge is 2.12. The van der Waals surface area contributed by atoms with E-state index >= 15 is 0 Å². The van der Waals surface area contributed by atoms with Gasteiger partial charge in [0.1, 0.15) is 0 Å². The molecule has 1 aromatic heterocycles. The van der Waals surface area contributed by atoms with Gasteiger partial charge in [-0.3, -0.25) is 10.2 Å². The zero-order chi connectivity index (χ0) is 9.10. The maximum atomic E-state index is 11.0. The van der Waals surface area contributed by atoms with Crippen LogP contribution in [-0.4, -0.2) is 15.9 Å². The summed E-state index contributed by atoms with van der Waals surface area (Å²) in [6, 6.07) is 1.72. The molecule has 1 aromatic rings. The number of nitrogens with one attached hydrogen (secondary N) is 1. The summed E-state index contributed by atoms with van der Waals surface area (Å²) < 4.78 is 0. The maximum Gasteiger partial charge on any atom is 0.248 e. The first-order valence-corrected chi connectivity index (χ1v) is 3.88. The average molecular weight is 176 g/mol. The fourth-order valence-corrected chi connectivity index (χ4v) is 1.01. The number of carbonyl (C=O) groups excluding carboxylic acids is 1. The lowest BCUT2D eigenvalue weighted by atomic mass is 10.4. The summed E-state index contributed by atoms with van der Waals surface area (Å²) in [5, 5.41) is 1.49. The smallest absolute Gasteiger partial charge is 0.248 e. The largest absolute Gasteiger partial charge is 0.273 e. The summed E-state index contributed by atoms with van der Waals surface area (Å²) in [6.07, 6.45) is 7.14. The Hall–Kier alpha value is -1.91. The van der Waals surface area contributed by atoms with Crippen LogP contribution in [0.4, 0.5) is 5.95 Å². The number of hydrogen-bond donors (Lipinski definition) is 1. The summed E-state index contributed by atoms with van der Waals surface area (Å²) in [7, 11) is 0. The molecule has 5 nitrogen and oxygen atoms in total. The molecule has 0 spiro atoms. The molecule has 0 aliphatic carbocycles. The topological polar surface area (TPSA) is 58.1 Å². The lowest BCUT2D eigenvalue weighted by molar-refractivity contribution is -0.120. The third kappa shape index (κ3) is 1.64. The van der Waals surface area contributed by atoms with Gasteiger partial charge in [-0.25, -0.2) is 15.0 Å². The zero-order valence-electron chi connectivity index (χ0n) is 6.84. The van der Waals surface area contributed by atoms with E-state index in [1.165, 1.54) is 5.01 Å². The Morgan fingerprint density at radius 1 is 1.38 bits per heavy atom. The molecule has 0 saturated carbocycles. The second kappa shape index (κ2) is 3.22. The quantitative estimate of drug-likeness (QED) is 0.665. The minimum absolute atomic E-state index is 0.0602. The van der Waals surface area contributed by atoms with E-state index in [-0.39, 0.29) is 5.91 Å². The van der Waals surface area contributed by atoms with Crippen molar-refractivity contribution >= 4 is 11.9 Å². The van der Waals surface area contributed by atoms with Crippen molar-refractivity contribution in [2.75, 3.05) is 5.01 Å². The number of carbonyl (C=O) groups is 1. The molecule has 1 aliphatic rings. The monoisotopic (exact) mass is 176 g/mol. The van der Waals surface area contributed by atoms with Gasteiger partial charge in [0.05, 0.1) is 0 Å². The SMILES string of the molecule is O=C1CC=CN(c2ncccn2)N1. The van der Waals surface area contributed by atoms with Crippen LogP contribution in [0, 0.1) is 0 Å². The minimum Gasteiger partial charge on any atom is -0.273 e. The van der Waals surface area contributed by atoms with Crippen LogP contribution < -0.4 is 10.4 Å². The molecule has 0 aromatic carbocycles. The molecular weight excluding hydrogens is 168 g/mol. The van der Waals surface area contributed by atoms with Gasteiger partial charge < -0.3 is 0 Å². The molecule has 0 radical (unpaired) electrons. The van der Waals surface area contributed by atoms with E-state index in [0.717, 1.165) is 0 Å². The van der Waals surface area contributed by atoms with E-state index in [0.29, 0.717) is 12.4 Å². The molecule has 2 heterocycles. The standard InChI is InChI=1S/C8H8N4O/c13-7-3-1-6-12(11-7)8-9-4-2-5-10-8/h1-2,4-6H,3H2,(H,11,13). The average Bonchev–Trinajstić information content (AvgIpc) is 2.19. The zero-order valence-corrected chi connectivity index (χ0v) is 6.84. The third-order valence-corrected chi connectivity index (χ3v) is 1.57. The molecular formula is C8H8N4O. The summed E-state index contributed by atoms with van der Waals surface area (Å²) in [6.45, 7) is 0. The Morgan fingerprint density at radius 2 is 2.15 bits per heavy atom. The van der Waals surface area contributed by atoms with Crippen LogP contribution in [0.15, 0.2) is 30.7 Å². The van der Waals surface area contributed by atoms with Gasteiger partial charge in [-0.2, -0.15) is 0 Å². The van der Waals surface area contributed by atoms with Crippen LogP contribution in [0.5, 0.6) is 0 Å². The highest BCUT2D eigenvalue weighted by Crippen LogP contribution is 2.06. The van der Waals surface area contributed by atoms with Crippen molar-refractivity contribution in [2.24, 2.45) is 0 Å². The Balaban J connectivity index is 2.22. The fraction of sp³-hybridized carbons (Fsp3) is 0.125. The van der Waals surface area contributed by atoms with Crippen molar-refractivity contribution in [2.45, 2.75) is 6.42 Å². The van der Waals surface area contributed by atoms with Crippen LogP contribution in [0.3, 0.4) is 0 Å². The molecule has 1 N–H and O–H groups in total. The van der Waals surface area contributed by atoms with Crippen LogP contribution in [0.1, 0.15) is 6.42 Å². The van der Waals surface area contributed by atoms with Crippen molar-refractivity contribution in [1.29, 1.82) is 0 Å². The van der Waals surface area contributed by atoms with Gasteiger partial charge in [0, 0.05) is 25.0 Å². The molecule has 0 fully saturated rings. The lowest BCUT2D eigenvalue weighted by Crippen LogP contribution is -2.41. The van der Waals surface area contributed by atoms with Crippen molar-refractivity contribution in [3.05, 3.63) is 30.7 Å². The van der Waals surface area contributed by atoms with E-state index in [1.807, 2.05) is 0 Å². The van der Waals surface area contributed by atoms with Crippen LogP contribution in [0.25, 0.3) is 0 Å². The predicted molar refractivity (Wildman–Crippen MR) is 46.4 cm³/mol. The van der Waals surface area contributed by atoms with E-state index in [9.17, 15) is 4.79 Å². The van der Waals surface area contributed by atoms with Gasteiger partial charge in [0.25, 0.3) is 0 Å². The van der Waals surface area contributed by atoms with Gasteiger partial charge in [0.2, 0.25) is 11.9 Å². The first-order chi connectivity index (χ1) is 6.36. The Morgan fingerprint density at radius 3 is 2.85 bits per heavy atom. The number of hydrazine groups is 1. The van der Waals surface area contributed by atoms with Crippen molar-refractivity contribution in [1.82, 2.24) is 15.4 Å². The van der Waals surface area contributed by atoms with E-state index in [4.69, 9.17) is 0 Å². The van der Waals surface area contributed by atoms with Crippen LogP contribution in [0.2, 0.25) is 0 Å². The summed E-state index contributed by atoms with van der Waals surface area (Å²) in [5.41, 5.74) is 2.62. The summed E-state index contributed by atoms with van der Waals surface area (Å²) in [5.74, 6) is 0.404. The number of anilines is 1. The van der Waals surface area contributed by atoms with Gasteiger partial charge in [0.15, 0.2) is 0 Å². The number of amides is 1. The van der Waals surface area contributed by atoms with Gasteiger partial charge in [-0.1, -0.05) is 6.08 Å². The number of nitrogens with zero attached hydrogens (tertiary/aromatic N) is 3. The number of aromatic nitrogens is 2. The second-order valence-corrected chi connectivity index (χ2v) is 2.54.